The van der Waals surface area contributed by atoms with Gasteiger partial charge >= 0.3 is 5.97 Å². The lowest BCUT2D eigenvalue weighted by Gasteiger charge is -2.34. The van der Waals surface area contributed by atoms with Crippen LogP contribution in [0.5, 0.6) is 5.75 Å². The van der Waals surface area contributed by atoms with Crippen LogP contribution in [0.1, 0.15) is 71.1 Å². The lowest BCUT2D eigenvalue weighted by molar-refractivity contribution is -0.156. The molecule has 1 aliphatic rings. The molecule has 0 saturated heterocycles. The van der Waals surface area contributed by atoms with Crippen molar-refractivity contribution in [3.05, 3.63) is 92.8 Å². The van der Waals surface area contributed by atoms with E-state index in [4.69, 9.17) is 26.6 Å². The largest absolute Gasteiger partial charge is 0.495 e. The summed E-state index contributed by atoms with van der Waals surface area (Å²) in [6, 6.07) is 10.0. The number of azide groups is 1. The number of carbonyl (C=O) groups is 4. The third-order valence-corrected chi connectivity index (χ3v) is 9.29. The summed E-state index contributed by atoms with van der Waals surface area (Å²) >= 11 is 6.35. The Morgan fingerprint density at radius 1 is 1.04 bits per heavy atom. The summed E-state index contributed by atoms with van der Waals surface area (Å²) < 4.78 is 11.3. The van der Waals surface area contributed by atoms with Crippen LogP contribution >= 0.6 is 11.6 Å². The lowest BCUT2D eigenvalue weighted by atomic mass is 9.83. The fourth-order valence-corrected chi connectivity index (χ4v) is 5.65. The summed E-state index contributed by atoms with van der Waals surface area (Å²) in [6.07, 6.45) is 6.71. The maximum atomic E-state index is 13.8. The van der Waals surface area contributed by atoms with Gasteiger partial charge in [0, 0.05) is 29.7 Å². The number of rotatable bonds is 10. The number of amides is 3. The van der Waals surface area contributed by atoms with Crippen molar-refractivity contribution in [3.8, 4) is 5.75 Å². The first-order chi connectivity index (χ1) is 24.1. The van der Waals surface area contributed by atoms with E-state index in [1.165, 1.54) is 13.2 Å². The van der Waals surface area contributed by atoms with Crippen LogP contribution in [0.15, 0.2) is 65.8 Å². The highest BCUT2D eigenvalue weighted by molar-refractivity contribution is 6.32. The molecule has 13 heteroatoms. The molecule has 0 bridgehead atoms. The molecule has 0 aromatic heterocycles. The van der Waals surface area contributed by atoms with Crippen molar-refractivity contribution < 1.29 is 28.7 Å². The molecule has 0 unspecified atom stereocenters. The van der Waals surface area contributed by atoms with E-state index in [1.807, 2.05) is 57.2 Å². The van der Waals surface area contributed by atoms with E-state index in [-0.39, 0.29) is 31.2 Å². The molecular formula is C38H49ClN6O6. The summed E-state index contributed by atoms with van der Waals surface area (Å²) in [6.45, 7) is 11.1. The summed E-state index contributed by atoms with van der Waals surface area (Å²) in [5.74, 6) is -1.77. The van der Waals surface area contributed by atoms with Gasteiger partial charge in [-0.05, 0) is 73.5 Å². The van der Waals surface area contributed by atoms with Crippen molar-refractivity contribution in [2.75, 3.05) is 7.11 Å². The highest BCUT2D eigenvalue weighted by atomic mass is 35.5. The number of halogens is 1. The van der Waals surface area contributed by atoms with Gasteiger partial charge in [-0.25, -0.2) is 4.79 Å². The molecule has 3 N–H and O–H groups in total. The predicted octanol–water partition coefficient (Wildman–Crippen LogP) is 6.47. The molecule has 3 amide bonds. The highest BCUT2D eigenvalue weighted by Gasteiger charge is 2.39. The number of cyclic esters (lactones) is 1. The zero-order chi connectivity index (χ0) is 37.7. The molecule has 0 saturated carbocycles. The van der Waals surface area contributed by atoms with Gasteiger partial charge in [0.25, 0.3) is 0 Å². The van der Waals surface area contributed by atoms with Gasteiger partial charge in [-0.15, -0.1) is 0 Å². The third-order valence-electron chi connectivity index (χ3n) is 8.99. The van der Waals surface area contributed by atoms with Gasteiger partial charge in [0.1, 0.15) is 23.9 Å². The Kier molecular flexibility index (Phi) is 15.1. The summed E-state index contributed by atoms with van der Waals surface area (Å²) in [4.78, 5) is 57.2. The van der Waals surface area contributed by atoms with Crippen LogP contribution in [0, 0.1) is 17.3 Å². The first-order valence-electron chi connectivity index (χ1n) is 17.0. The molecule has 3 rings (SSSR count). The Balaban J connectivity index is 1.96. The molecule has 0 radical (unpaired) electrons. The SMILES string of the molecule is COc1ccc(C[C@H]2NC(=O)/C=C/C[C@@H]([C@H](C)/C=C/c3ccc(CN=[N+]=[N-])cc3)OC(=O)[C@H](CC(C)C)NC(=O)C(C)(C)[C@@H](C)NC2=O)cc1Cl. The fourth-order valence-electron chi connectivity index (χ4n) is 5.37. The van der Waals surface area contributed by atoms with Crippen LogP contribution in [0.4, 0.5) is 0 Å². The van der Waals surface area contributed by atoms with E-state index < -0.39 is 53.3 Å². The molecule has 2 aromatic carbocycles. The fraction of sp³-hybridized carbons (Fsp3) is 0.474. The average Bonchev–Trinajstić information content (AvgIpc) is 3.08. The van der Waals surface area contributed by atoms with Gasteiger partial charge in [-0.3, -0.25) is 14.4 Å². The maximum absolute atomic E-state index is 13.8. The first kappa shape index (κ1) is 40.6. The van der Waals surface area contributed by atoms with Crippen molar-refractivity contribution in [1.82, 2.24) is 16.0 Å². The second-order valence-electron chi connectivity index (χ2n) is 13.8. The summed E-state index contributed by atoms with van der Waals surface area (Å²) in [5.41, 5.74) is 9.89. The Morgan fingerprint density at radius 3 is 2.35 bits per heavy atom. The number of benzene rings is 2. The second kappa shape index (κ2) is 19.0. The average molecular weight is 721 g/mol. The minimum Gasteiger partial charge on any atom is -0.495 e. The molecule has 51 heavy (non-hydrogen) atoms. The molecule has 2 aromatic rings. The number of esters is 1. The highest BCUT2D eigenvalue weighted by Crippen LogP contribution is 2.27. The number of hydrogen-bond donors (Lipinski definition) is 3. The van der Waals surface area contributed by atoms with Crippen LogP contribution < -0.4 is 20.7 Å². The van der Waals surface area contributed by atoms with Gasteiger partial charge in [0.15, 0.2) is 0 Å². The summed E-state index contributed by atoms with van der Waals surface area (Å²) in [5, 5.41) is 12.5. The first-order valence-corrected chi connectivity index (χ1v) is 17.4. The Labute approximate surface area is 305 Å². The Bertz CT molecular complexity index is 1650. The molecule has 0 aliphatic carbocycles. The van der Waals surface area contributed by atoms with Crippen LogP contribution in [0.25, 0.3) is 16.5 Å². The number of ether oxygens (including phenoxy) is 2. The molecular weight excluding hydrogens is 672 g/mol. The monoisotopic (exact) mass is 720 g/mol. The van der Waals surface area contributed by atoms with Crippen molar-refractivity contribution >= 4 is 41.4 Å². The third kappa shape index (κ3) is 12.2. The number of hydrogen-bond acceptors (Lipinski definition) is 7. The zero-order valence-electron chi connectivity index (χ0n) is 30.3. The smallest absolute Gasteiger partial charge is 0.328 e. The molecule has 5 atom stereocenters. The standard InChI is InChI=1S/C38H49ClN6O6/c1-23(2)19-31-36(48)51-32(24(3)11-12-26-13-15-27(16-14-26)22-41-45-40)9-8-10-34(46)43-30(21-28-17-18-33(50-7)29(39)20-28)35(47)42-25(4)38(5,6)37(49)44-31/h8,10-18,20,23-25,30-32H,9,19,21-22H2,1-7H3,(H,42,47)(H,43,46)(H,44,49)/b10-8+,12-11+/t24-,25-,30-,31+,32+/m1/s1. The second-order valence-corrected chi connectivity index (χ2v) is 14.2. The Hall–Kier alpha value is -4.80. The van der Waals surface area contributed by atoms with Gasteiger partial charge in [-0.2, -0.15) is 0 Å². The zero-order valence-corrected chi connectivity index (χ0v) is 31.1. The number of nitrogens with zero attached hydrogens (tertiary/aromatic N) is 3. The van der Waals surface area contributed by atoms with E-state index in [0.717, 1.165) is 11.1 Å². The van der Waals surface area contributed by atoms with Crippen LogP contribution in [-0.4, -0.2) is 55.0 Å². The van der Waals surface area contributed by atoms with Crippen LogP contribution in [0.2, 0.25) is 5.02 Å². The van der Waals surface area contributed by atoms with E-state index >= 15 is 0 Å². The van der Waals surface area contributed by atoms with Gasteiger partial charge in [0.2, 0.25) is 17.7 Å². The van der Waals surface area contributed by atoms with Crippen molar-refractivity contribution in [2.24, 2.45) is 22.4 Å². The lowest BCUT2D eigenvalue weighted by Crippen LogP contribution is -2.58. The van der Waals surface area contributed by atoms with Crippen molar-refractivity contribution in [2.45, 2.75) is 91.6 Å². The van der Waals surface area contributed by atoms with Crippen LogP contribution in [0.3, 0.4) is 0 Å². The van der Waals surface area contributed by atoms with Crippen LogP contribution in [-0.2, 0) is 36.9 Å². The molecule has 0 fully saturated rings. The minimum atomic E-state index is -1.15. The van der Waals surface area contributed by atoms with Crippen molar-refractivity contribution in [3.63, 3.8) is 0 Å². The van der Waals surface area contributed by atoms with Crippen molar-refractivity contribution in [1.29, 1.82) is 0 Å². The van der Waals surface area contributed by atoms with Gasteiger partial charge in [0.05, 0.1) is 24.1 Å². The molecule has 0 spiro atoms. The van der Waals surface area contributed by atoms with E-state index in [9.17, 15) is 19.2 Å². The van der Waals surface area contributed by atoms with Gasteiger partial charge < -0.3 is 25.4 Å². The minimum absolute atomic E-state index is 0.0575. The molecule has 12 nitrogen and oxygen atoms in total. The van der Waals surface area contributed by atoms with E-state index in [2.05, 4.69) is 26.0 Å². The topological polar surface area (TPSA) is 172 Å². The Morgan fingerprint density at radius 2 is 1.73 bits per heavy atom. The molecule has 274 valence electrons. The van der Waals surface area contributed by atoms with E-state index in [0.29, 0.717) is 22.8 Å². The summed E-state index contributed by atoms with van der Waals surface area (Å²) in [7, 11) is 1.50. The van der Waals surface area contributed by atoms with E-state index in [1.54, 1.807) is 45.0 Å². The number of nitrogens with one attached hydrogen (secondary N) is 3. The predicted molar refractivity (Wildman–Crippen MR) is 198 cm³/mol. The van der Waals surface area contributed by atoms with Gasteiger partial charge in [-0.1, -0.05) is 86.0 Å². The number of methoxy groups -OCH3 is 1. The molecule has 1 heterocycles. The number of carbonyl (C=O) groups excluding carboxylic acids is 4. The maximum Gasteiger partial charge on any atom is 0.328 e. The molecule has 1 aliphatic heterocycles. The normalized spacial score (nSPS) is 23.0. The quantitative estimate of drug-likeness (QED) is 0.110.